The van der Waals surface area contributed by atoms with Crippen LogP contribution in [0.3, 0.4) is 0 Å². The minimum atomic E-state index is -0.104. The number of hydrogen-bond acceptors (Lipinski definition) is 4. The first-order valence-electron chi connectivity index (χ1n) is 10.6. The molecule has 1 fully saturated rings. The normalized spacial score (nSPS) is 21.1. The molecule has 1 aliphatic heterocycles. The van der Waals surface area contributed by atoms with Crippen LogP contribution in [-0.2, 0) is 15.7 Å². The van der Waals surface area contributed by atoms with Gasteiger partial charge in [0.1, 0.15) is 0 Å². The van der Waals surface area contributed by atoms with E-state index in [1.54, 1.807) is 6.07 Å². The molecule has 2 aromatic heterocycles. The van der Waals surface area contributed by atoms with E-state index in [-0.39, 0.29) is 21.5 Å². The van der Waals surface area contributed by atoms with Gasteiger partial charge in [-0.3, -0.25) is 9.88 Å². The molecule has 0 amide bonds. The van der Waals surface area contributed by atoms with Gasteiger partial charge in [-0.05, 0) is 76.3 Å². The van der Waals surface area contributed by atoms with E-state index < -0.39 is 0 Å². The Hall–Kier alpha value is -1.30. The van der Waals surface area contributed by atoms with E-state index in [9.17, 15) is 4.39 Å². The molecule has 0 aliphatic carbocycles. The second kappa shape index (κ2) is 8.44. The van der Waals surface area contributed by atoms with Gasteiger partial charge in [-0.2, -0.15) is 4.39 Å². The quantitative estimate of drug-likeness (QED) is 0.532. The minimum absolute atomic E-state index is 0.0649. The third-order valence-corrected chi connectivity index (χ3v) is 7.76. The Morgan fingerprint density at radius 3 is 2.55 bits per heavy atom. The molecule has 29 heavy (non-hydrogen) atoms. The SMILES string of the molecule is CCOCC1(CC(C)(C)c2ccc(F)s2)CCN(C(C)(C)c2ccc(C)nc2)C1. The summed E-state index contributed by atoms with van der Waals surface area (Å²) in [5.74, 6) is 0. The molecule has 0 N–H and O–H groups in total. The van der Waals surface area contributed by atoms with Crippen molar-refractivity contribution in [2.75, 3.05) is 26.3 Å². The van der Waals surface area contributed by atoms with Crippen molar-refractivity contribution in [3.8, 4) is 0 Å². The molecule has 1 unspecified atom stereocenters. The van der Waals surface area contributed by atoms with Gasteiger partial charge < -0.3 is 4.74 Å². The maximum absolute atomic E-state index is 13.7. The number of halogens is 1. The summed E-state index contributed by atoms with van der Waals surface area (Å²) >= 11 is 1.28. The van der Waals surface area contributed by atoms with Gasteiger partial charge >= 0.3 is 0 Å². The fourth-order valence-electron chi connectivity index (χ4n) is 4.76. The largest absolute Gasteiger partial charge is 0.381 e. The van der Waals surface area contributed by atoms with E-state index in [2.05, 4.69) is 56.6 Å². The predicted molar refractivity (Wildman–Crippen MR) is 119 cm³/mol. The van der Waals surface area contributed by atoms with Crippen LogP contribution >= 0.6 is 11.3 Å². The van der Waals surface area contributed by atoms with E-state index in [0.717, 1.165) is 49.7 Å². The molecular formula is C24H35FN2OS. The molecule has 0 bridgehead atoms. The van der Waals surface area contributed by atoms with Crippen molar-refractivity contribution in [1.29, 1.82) is 0 Å². The average Bonchev–Trinajstić information content (AvgIpc) is 3.28. The van der Waals surface area contributed by atoms with Crippen LogP contribution in [-0.4, -0.2) is 36.2 Å². The number of aryl methyl sites for hydroxylation is 1. The Kier molecular flexibility index (Phi) is 6.52. The van der Waals surface area contributed by atoms with Crippen LogP contribution in [0.5, 0.6) is 0 Å². The number of aromatic nitrogens is 1. The zero-order valence-electron chi connectivity index (χ0n) is 18.7. The van der Waals surface area contributed by atoms with Gasteiger partial charge in [0.2, 0.25) is 0 Å². The first-order valence-corrected chi connectivity index (χ1v) is 11.4. The fraction of sp³-hybridized carbons (Fsp3) is 0.625. The van der Waals surface area contributed by atoms with Crippen LogP contribution < -0.4 is 0 Å². The molecule has 3 nitrogen and oxygen atoms in total. The Bertz CT molecular complexity index is 815. The number of nitrogens with zero attached hydrogens (tertiary/aromatic N) is 2. The topological polar surface area (TPSA) is 25.4 Å². The predicted octanol–water partition coefficient (Wildman–Crippen LogP) is 5.92. The average molecular weight is 419 g/mol. The van der Waals surface area contributed by atoms with Gasteiger partial charge in [-0.15, -0.1) is 11.3 Å². The van der Waals surface area contributed by atoms with Gasteiger partial charge in [-0.25, -0.2) is 0 Å². The number of hydrogen-bond donors (Lipinski definition) is 0. The van der Waals surface area contributed by atoms with Crippen LogP contribution in [0, 0.1) is 17.5 Å². The van der Waals surface area contributed by atoms with Crippen molar-refractivity contribution in [1.82, 2.24) is 9.88 Å². The van der Waals surface area contributed by atoms with Crippen LogP contribution in [0.2, 0.25) is 0 Å². The number of rotatable bonds is 8. The monoisotopic (exact) mass is 418 g/mol. The number of pyridine rings is 1. The number of ether oxygens (including phenoxy) is 1. The Morgan fingerprint density at radius 1 is 1.21 bits per heavy atom. The van der Waals surface area contributed by atoms with E-state index in [1.807, 2.05) is 19.2 Å². The molecule has 1 aliphatic rings. The lowest BCUT2D eigenvalue weighted by Crippen LogP contribution is -2.43. The van der Waals surface area contributed by atoms with Crippen LogP contribution in [0.4, 0.5) is 4.39 Å². The third kappa shape index (κ3) is 4.89. The Morgan fingerprint density at radius 2 is 1.97 bits per heavy atom. The molecule has 0 spiro atoms. The molecule has 3 heterocycles. The second-order valence-corrected chi connectivity index (χ2v) is 10.8. The second-order valence-electron chi connectivity index (χ2n) is 9.72. The fourth-order valence-corrected chi connectivity index (χ4v) is 5.59. The van der Waals surface area contributed by atoms with Gasteiger partial charge in [-0.1, -0.05) is 19.9 Å². The lowest BCUT2D eigenvalue weighted by Gasteiger charge is -2.40. The molecule has 3 rings (SSSR count). The summed E-state index contributed by atoms with van der Waals surface area (Å²) in [5.41, 5.74) is 2.18. The molecule has 0 aromatic carbocycles. The molecule has 5 heteroatoms. The van der Waals surface area contributed by atoms with Crippen molar-refractivity contribution < 1.29 is 9.13 Å². The summed E-state index contributed by atoms with van der Waals surface area (Å²) in [5, 5.41) is -0.104. The summed E-state index contributed by atoms with van der Waals surface area (Å²) in [6.07, 6.45) is 4.09. The molecule has 0 radical (unpaired) electrons. The van der Waals surface area contributed by atoms with Gasteiger partial charge in [0.05, 0.1) is 6.61 Å². The molecular weight excluding hydrogens is 383 g/mol. The minimum Gasteiger partial charge on any atom is -0.381 e. The first-order chi connectivity index (χ1) is 13.6. The summed E-state index contributed by atoms with van der Waals surface area (Å²) in [7, 11) is 0. The lowest BCUT2D eigenvalue weighted by atomic mass is 9.72. The van der Waals surface area contributed by atoms with Crippen molar-refractivity contribution in [2.24, 2.45) is 5.41 Å². The van der Waals surface area contributed by atoms with Crippen LogP contribution in [0.15, 0.2) is 30.5 Å². The van der Waals surface area contributed by atoms with Crippen molar-refractivity contribution in [3.63, 3.8) is 0 Å². The lowest BCUT2D eigenvalue weighted by molar-refractivity contribution is 0.0275. The van der Waals surface area contributed by atoms with Crippen molar-refractivity contribution >= 4 is 11.3 Å². The van der Waals surface area contributed by atoms with Gasteiger partial charge in [0.15, 0.2) is 5.13 Å². The highest BCUT2D eigenvalue weighted by Crippen LogP contribution is 2.47. The van der Waals surface area contributed by atoms with Crippen molar-refractivity contribution in [2.45, 2.75) is 65.3 Å². The summed E-state index contributed by atoms with van der Waals surface area (Å²) in [6.45, 7) is 16.6. The Balaban J connectivity index is 1.83. The highest BCUT2D eigenvalue weighted by atomic mass is 32.1. The maximum atomic E-state index is 13.7. The van der Waals surface area contributed by atoms with E-state index in [1.165, 1.54) is 16.9 Å². The Labute approximate surface area is 179 Å². The summed E-state index contributed by atoms with van der Waals surface area (Å²) in [6, 6.07) is 7.83. The first kappa shape index (κ1) is 22.4. The van der Waals surface area contributed by atoms with Crippen LogP contribution in [0.25, 0.3) is 0 Å². The molecule has 0 saturated carbocycles. The summed E-state index contributed by atoms with van der Waals surface area (Å²) in [4.78, 5) is 8.21. The molecule has 1 atom stereocenters. The highest BCUT2D eigenvalue weighted by molar-refractivity contribution is 7.10. The zero-order chi connectivity index (χ0) is 21.3. The van der Waals surface area contributed by atoms with E-state index >= 15 is 0 Å². The third-order valence-electron chi connectivity index (χ3n) is 6.52. The number of likely N-dealkylation sites (tertiary alicyclic amines) is 1. The van der Waals surface area contributed by atoms with Crippen LogP contribution in [0.1, 0.15) is 63.6 Å². The maximum Gasteiger partial charge on any atom is 0.176 e. The molecule has 2 aromatic rings. The molecule has 1 saturated heterocycles. The van der Waals surface area contributed by atoms with Gasteiger partial charge in [0.25, 0.3) is 0 Å². The summed E-state index contributed by atoms with van der Waals surface area (Å²) < 4.78 is 19.7. The van der Waals surface area contributed by atoms with Gasteiger partial charge in [0, 0.05) is 40.9 Å². The number of thiophene rings is 1. The standard InChI is InChI=1S/C24H35FN2OS/c1-7-28-17-24(15-22(3,4)20-10-11-21(25)29-20)12-13-27(16-24)23(5,6)19-9-8-18(2)26-14-19/h8-11,14H,7,12-13,15-17H2,1-6H3. The smallest absolute Gasteiger partial charge is 0.176 e. The molecule has 160 valence electrons. The van der Waals surface area contributed by atoms with E-state index in [4.69, 9.17) is 4.74 Å². The van der Waals surface area contributed by atoms with Crippen molar-refractivity contribution in [3.05, 3.63) is 51.7 Å². The van der Waals surface area contributed by atoms with E-state index in [0.29, 0.717) is 0 Å². The highest BCUT2D eigenvalue weighted by Gasteiger charge is 2.46. The zero-order valence-corrected chi connectivity index (χ0v) is 19.5.